The quantitative estimate of drug-likeness (QED) is 0.795. The zero-order valence-corrected chi connectivity index (χ0v) is 11.2. The van der Waals surface area contributed by atoms with Gasteiger partial charge in [-0.15, -0.1) is 0 Å². The molecule has 0 aliphatic carbocycles. The summed E-state index contributed by atoms with van der Waals surface area (Å²) in [4.78, 5) is 0. The Hall–Kier alpha value is -0.900. The number of halogens is 1. The summed E-state index contributed by atoms with van der Waals surface area (Å²) in [7, 11) is 0. The van der Waals surface area contributed by atoms with Crippen molar-refractivity contribution < 1.29 is 4.39 Å². The van der Waals surface area contributed by atoms with E-state index in [0.29, 0.717) is 13.0 Å². The first kappa shape index (κ1) is 14.2. The van der Waals surface area contributed by atoms with E-state index in [9.17, 15) is 4.39 Å². The molecule has 0 bridgehead atoms. The molecule has 0 aliphatic rings. The number of nitrogens with zero attached hydrogens (tertiary/aromatic N) is 2. The second-order valence-electron chi connectivity index (χ2n) is 4.53. The molecule has 1 aromatic rings. The largest absolute Gasteiger partial charge is 0.328 e. The lowest BCUT2D eigenvalue weighted by Crippen LogP contribution is -2.19. The monoisotopic (exact) mass is 241 g/mol. The van der Waals surface area contributed by atoms with E-state index in [1.165, 1.54) is 11.3 Å². The van der Waals surface area contributed by atoms with Crippen molar-refractivity contribution in [3.8, 4) is 0 Å². The molecule has 1 heterocycles. The van der Waals surface area contributed by atoms with E-state index in [2.05, 4.69) is 18.9 Å². The zero-order valence-electron chi connectivity index (χ0n) is 11.2. The second kappa shape index (κ2) is 6.74. The number of aromatic nitrogens is 2. The maximum absolute atomic E-state index is 12.3. The zero-order chi connectivity index (χ0) is 12.8. The summed E-state index contributed by atoms with van der Waals surface area (Å²) >= 11 is 0. The average molecular weight is 241 g/mol. The minimum absolute atomic E-state index is 0.143. The predicted molar refractivity (Wildman–Crippen MR) is 68.9 cm³/mol. The Kier molecular flexibility index (Phi) is 5.62. The number of rotatable bonds is 7. The van der Waals surface area contributed by atoms with Crippen molar-refractivity contribution in [2.75, 3.05) is 6.67 Å². The third-order valence-corrected chi connectivity index (χ3v) is 2.95. The summed E-state index contributed by atoms with van der Waals surface area (Å²) in [5, 5.41) is 4.58. The summed E-state index contributed by atoms with van der Waals surface area (Å²) in [6.45, 7) is 6.62. The lowest BCUT2D eigenvalue weighted by Gasteiger charge is -2.09. The van der Waals surface area contributed by atoms with Crippen LogP contribution < -0.4 is 5.73 Å². The highest BCUT2D eigenvalue weighted by molar-refractivity contribution is 5.27. The van der Waals surface area contributed by atoms with Crippen LogP contribution in [0.15, 0.2) is 0 Å². The molecule has 0 fully saturated rings. The fourth-order valence-electron chi connectivity index (χ4n) is 2.22. The fourth-order valence-corrected chi connectivity index (χ4v) is 2.22. The molecule has 3 nitrogen and oxygen atoms in total. The van der Waals surface area contributed by atoms with Crippen molar-refractivity contribution in [2.24, 2.45) is 5.73 Å². The number of hydrogen-bond acceptors (Lipinski definition) is 2. The second-order valence-corrected chi connectivity index (χ2v) is 4.53. The number of alkyl halides is 1. The predicted octanol–water partition coefficient (Wildman–Crippen LogP) is 2.26. The summed E-state index contributed by atoms with van der Waals surface area (Å²) in [5.74, 6) is 0. The highest BCUT2D eigenvalue weighted by Gasteiger charge is 2.16. The molecule has 2 N–H and O–H groups in total. The molecule has 1 rings (SSSR count). The minimum atomic E-state index is -0.285. The first-order valence-electron chi connectivity index (χ1n) is 6.52. The van der Waals surface area contributed by atoms with Crippen molar-refractivity contribution in [1.82, 2.24) is 9.78 Å². The van der Waals surface area contributed by atoms with Crippen molar-refractivity contribution in [2.45, 2.75) is 59.0 Å². The van der Waals surface area contributed by atoms with Crippen molar-refractivity contribution in [1.29, 1.82) is 0 Å². The van der Waals surface area contributed by atoms with Gasteiger partial charge in [0.15, 0.2) is 0 Å². The fraction of sp³-hybridized carbons (Fsp3) is 0.769. The van der Waals surface area contributed by atoms with Crippen molar-refractivity contribution in [3.05, 3.63) is 17.0 Å². The van der Waals surface area contributed by atoms with Crippen LogP contribution in [0.25, 0.3) is 0 Å². The van der Waals surface area contributed by atoms with Crippen molar-refractivity contribution >= 4 is 0 Å². The Balaban J connectivity index is 3.02. The molecule has 17 heavy (non-hydrogen) atoms. The van der Waals surface area contributed by atoms with Crippen LogP contribution in [0.1, 0.15) is 44.1 Å². The molecule has 1 aromatic heterocycles. The summed E-state index contributed by atoms with van der Waals surface area (Å²) in [6, 6.07) is 0.143. The third kappa shape index (κ3) is 3.53. The lowest BCUT2D eigenvalue weighted by atomic mass is 10.0. The van der Waals surface area contributed by atoms with Crippen LogP contribution in [0.3, 0.4) is 0 Å². The Bertz CT molecular complexity index is 345. The SMILES string of the molecule is CCc1nn(CCCF)c(CC)c1CC(C)N. The van der Waals surface area contributed by atoms with Gasteiger partial charge in [-0.05, 0) is 38.2 Å². The van der Waals surface area contributed by atoms with Gasteiger partial charge in [-0.2, -0.15) is 5.10 Å². The summed E-state index contributed by atoms with van der Waals surface area (Å²) in [5.41, 5.74) is 9.52. The Labute approximate surface area is 103 Å². The van der Waals surface area contributed by atoms with Gasteiger partial charge in [-0.3, -0.25) is 9.07 Å². The van der Waals surface area contributed by atoms with Crippen LogP contribution in [0.5, 0.6) is 0 Å². The van der Waals surface area contributed by atoms with Gasteiger partial charge in [-0.1, -0.05) is 13.8 Å². The standard InChI is InChI=1S/C13H24FN3/c1-4-12-11(9-10(3)15)13(5-2)17(16-12)8-6-7-14/h10H,4-9,15H2,1-3H3. The van der Waals surface area contributed by atoms with Gasteiger partial charge < -0.3 is 5.73 Å². The van der Waals surface area contributed by atoms with Gasteiger partial charge in [-0.25, -0.2) is 0 Å². The first-order chi connectivity index (χ1) is 8.13. The molecular formula is C13H24FN3. The van der Waals surface area contributed by atoms with E-state index in [0.717, 1.165) is 25.0 Å². The molecule has 98 valence electrons. The number of aryl methyl sites for hydroxylation is 2. The van der Waals surface area contributed by atoms with E-state index >= 15 is 0 Å². The topological polar surface area (TPSA) is 43.8 Å². The van der Waals surface area contributed by atoms with E-state index in [-0.39, 0.29) is 12.7 Å². The molecule has 1 atom stereocenters. The van der Waals surface area contributed by atoms with Gasteiger partial charge in [0.2, 0.25) is 0 Å². The molecule has 0 aliphatic heterocycles. The Morgan fingerprint density at radius 1 is 1.35 bits per heavy atom. The minimum Gasteiger partial charge on any atom is -0.328 e. The van der Waals surface area contributed by atoms with Crippen LogP contribution in [0, 0.1) is 0 Å². The van der Waals surface area contributed by atoms with Gasteiger partial charge in [0.1, 0.15) is 0 Å². The number of nitrogens with two attached hydrogens (primary N) is 1. The van der Waals surface area contributed by atoms with Crippen LogP contribution in [0.2, 0.25) is 0 Å². The Morgan fingerprint density at radius 2 is 2.06 bits per heavy atom. The van der Waals surface area contributed by atoms with Gasteiger partial charge in [0, 0.05) is 18.3 Å². The van der Waals surface area contributed by atoms with Gasteiger partial charge >= 0.3 is 0 Å². The summed E-state index contributed by atoms with van der Waals surface area (Å²) in [6.07, 6.45) is 3.25. The normalized spacial score (nSPS) is 13.0. The maximum Gasteiger partial charge on any atom is 0.0912 e. The van der Waals surface area contributed by atoms with E-state index in [1.54, 1.807) is 0 Å². The van der Waals surface area contributed by atoms with Crippen molar-refractivity contribution in [3.63, 3.8) is 0 Å². The van der Waals surface area contributed by atoms with Gasteiger partial charge in [0.25, 0.3) is 0 Å². The maximum atomic E-state index is 12.3. The van der Waals surface area contributed by atoms with E-state index < -0.39 is 0 Å². The molecule has 0 aromatic carbocycles. The molecule has 0 radical (unpaired) electrons. The Morgan fingerprint density at radius 3 is 2.53 bits per heavy atom. The molecule has 0 spiro atoms. The third-order valence-electron chi connectivity index (χ3n) is 2.95. The van der Waals surface area contributed by atoms with Crippen LogP contribution in [-0.4, -0.2) is 22.5 Å². The van der Waals surface area contributed by atoms with E-state index in [1.807, 2.05) is 11.6 Å². The van der Waals surface area contributed by atoms with Crippen LogP contribution >= 0.6 is 0 Å². The van der Waals surface area contributed by atoms with E-state index in [4.69, 9.17) is 5.73 Å². The summed E-state index contributed by atoms with van der Waals surface area (Å²) < 4.78 is 14.2. The highest BCUT2D eigenvalue weighted by atomic mass is 19.1. The lowest BCUT2D eigenvalue weighted by molar-refractivity contribution is 0.429. The van der Waals surface area contributed by atoms with Gasteiger partial charge in [0.05, 0.1) is 12.4 Å². The smallest absolute Gasteiger partial charge is 0.0912 e. The molecule has 0 saturated heterocycles. The number of hydrogen-bond donors (Lipinski definition) is 1. The average Bonchev–Trinajstić information content (AvgIpc) is 2.62. The molecular weight excluding hydrogens is 217 g/mol. The molecule has 1 unspecified atom stereocenters. The molecule has 4 heteroatoms. The van der Waals surface area contributed by atoms with Crippen LogP contribution in [0.4, 0.5) is 4.39 Å². The molecule has 0 amide bonds. The van der Waals surface area contributed by atoms with Crippen LogP contribution in [-0.2, 0) is 25.8 Å². The highest BCUT2D eigenvalue weighted by Crippen LogP contribution is 2.18. The molecule has 0 saturated carbocycles. The first-order valence-corrected chi connectivity index (χ1v) is 6.52.